The van der Waals surface area contributed by atoms with Crippen LogP contribution in [0.2, 0.25) is 0 Å². The van der Waals surface area contributed by atoms with Gasteiger partial charge in [-0.05, 0) is 18.2 Å². The number of halogens is 6. The van der Waals surface area contributed by atoms with Crippen LogP contribution in [0.1, 0.15) is 11.1 Å². The van der Waals surface area contributed by atoms with E-state index in [-0.39, 0.29) is 22.5 Å². The van der Waals surface area contributed by atoms with Gasteiger partial charge >= 0.3 is 12.4 Å². The van der Waals surface area contributed by atoms with Crippen molar-refractivity contribution in [3.05, 3.63) is 29.3 Å². The first-order valence-electron chi connectivity index (χ1n) is 5.93. The number of amides is 1. The number of carbonyl (C=O) groups is 1. The van der Waals surface area contributed by atoms with Gasteiger partial charge in [-0.25, -0.2) is 14.3 Å². The molecule has 1 aromatic rings. The van der Waals surface area contributed by atoms with Crippen molar-refractivity contribution >= 4 is 21.6 Å². The number of hydrazine groups is 1. The summed E-state index contributed by atoms with van der Waals surface area (Å²) in [6.45, 7) is -1.09. The van der Waals surface area contributed by atoms with E-state index in [2.05, 4.69) is 0 Å². The Labute approximate surface area is 132 Å². The Morgan fingerprint density at radius 2 is 1.50 bits per heavy atom. The van der Waals surface area contributed by atoms with Crippen molar-refractivity contribution in [2.75, 3.05) is 17.1 Å². The lowest BCUT2D eigenvalue weighted by Gasteiger charge is -2.23. The van der Waals surface area contributed by atoms with E-state index in [9.17, 15) is 39.6 Å². The summed E-state index contributed by atoms with van der Waals surface area (Å²) in [4.78, 5) is 11.2. The number of hydrogen-bond acceptors (Lipinski definition) is 4. The molecule has 0 bridgehead atoms. The quantitative estimate of drug-likeness (QED) is 0.359. The molecular weight excluding hydrogens is 368 g/mol. The fourth-order valence-electron chi connectivity index (χ4n) is 1.66. The van der Waals surface area contributed by atoms with Crippen LogP contribution in [-0.2, 0) is 27.2 Å². The number of nitrogens with one attached hydrogen (secondary N) is 1. The van der Waals surface area contributed by atoms with Crippen LogP contribution in [0.3, 0.4) is 0 Å². The number of sulfonamides is 1. The molecule has 136 valence electrons. The van der Waals surface area contributed by atoms with Gasteiger partial charge in [-0.1, -0.05) is 0 Å². The molecule has 0 heterocycles. The van der Waals surface area contributed by atoms with Crippen molar-refractivity contribution in [1.29, 1.82) is 0 Å². The Kier molecular flexibility index (Phi) is 5.40. The van der Waals surface area contributed by atoms with Crippen LogP contribution < -0.4 is 15.6 Å². The minimum absolute atomic E-state index is 0.0830. The molecule has 0 aromatic heterocycles. The second-order valence-corrected chi connectivity index (χ2v) is 6.51. The molecule has 0 spiro atoms. The second-order valence-electron chi connectivity index (χ2n) is 4.60. The average molecular weight is 379 g/mol. The maximum Gasteiger partial charge on any atom is 0.416 e. The number of benzene rings is 1. The van der Waals surface area contributed by atoms with Gasteiger partial charge in [0.2, 0.25) is 10.0 Å². The molecule has 24 heavy (non-hydrogen) atoms. The van der Waals surface area contributed by atoms with Crippen LogP contribution in [0.4, 0.5) is 32.0 Å². The largest absolute Gasteiger partial charge is 0.416 e. The lowest BCUT2D eigenvalue weighted by atomic mass is 10.1. The van der Waals surface area contributed by atoms with Gasteiger partial charge in [-0.3, -0.25) is 14.5 Å². The normalized spacial score (nSPS) is 12.8. The van der Waals surface area contributed by atoms with E-state index in [1.54, 1.807) is 0 Å². The van der Waals surface area contributed by atoms with Crippen LogP contribution >= 0.6 is 0 Å². The van der Waals surface area contributed by atoms with Crippen molar-refractivity contribution in [3.8, 4) is 0 Å². The zero-order valence-electron chi connectivity index (χ0n) is 11.9. The first kappa shape index (κ1) is 20.0. The van der Waals surface area contributed by atoms with E-state index in [4.69, 9.17) is 5.84 Å². The molecule has 3 N–H and O–H groups in total. The van der Waals surface area contributed by atoms with E-state index in [1.165, 1.54) is 5.43 Å². The number of nitrogens with zero attached hydrogens (tertiary/aromatic N) is 1. The van der Waals surface area contributed by atoms with Crippen molar-refractivity contribution in [2.24, 2.45) is 5.84 Å². The lowest BCUT2D eigenvalue weighted by Crippen LogP contribution is -2.43. The number of rotatable bonds is 4. The van der Waals surface area contributed by atoms with Crippen LogP contribution in [0.5, 0.6) is 0 Å². The molecule has 1 aromatic carbocycles. The van der Waals surface area contributed by atoms with Gasteiger partial charge in [0.15, 0.2) is 0 Å². The molecule has 13 heteroatoms. The van der Waals surface area contributed by atoms with Crippen molar-refractivity contribution < 1.29 is 39.6 Å². The van der Waals surface area contributed by atoms with Crippen molar-refractivity contribution in [3.63, 3.8) is 0 Å². The molecule has 1 rings (SSSR count). The zero-order chi connectivity index (χ0) is 18.9. The van der Waals surface area contributed by atoms with Crippen molar-refractivity contribution in [1.82, 2.24) is 5.43 Å². The van der Waals surface area contributed by atoms with Crippen molar-refractivity contribution in [2.45, 2.75) is 12.4 Å². The molecule has 0 atom stereocenters. The third kappa shape index (κ3) is 4.99. The Balaban J connectivity index is 3.61. The van der Waals surface area contributed by atoms with Gasteiger partial charge < -0.3 is 0 Å². The lowest BCUT2D eigenvalue weighted by molar-refractivity contribution is -0.143. The smallest absolute Gasteiger partial charge is 0.293 e. The van der Waals surface area contributed by atoms with Gasteiger partial charge in [0.25, 0.3) is 5.91 Å². The summed E-state index contributed by atoms with van der Waals surface area (Å²) in [5, 5.41) is 0. The molecule has 0 saturated heterocycles. The fraction of sp³-hybridized carbons (Fsp3) is 0.364. The third-order valence-corrected chi connectivity index (χ3v) is 3.85. The summed E-state index contributed by atoms with van der Waals surface area (Å²) in [7, 11) is -4.37. The SMILES string of the molecule is CS(=O)(=O)N(CC(=O)NN)c1cc(C(F)(F)F)cc(C(F)(F)F)c1. The Morgan fingerprint density at radius 1 is 1.08 bits per heavy atom. The molecule has 0 aliphatic heterocycles. The summed E-state index contributed by atoms with van der Waals surface area (Å²) in [5.41, 5.74) is -2.86. The summed E-state index contributed by atoms with van der Waals surface area (Å²) in [5.74, 6) is 3.63. The van der Waals surface area contributed by atoms with Gasteiger partial charge in [-0.15, -0.1) is 0 Å². The van der Waals surface area contributed by atoms with Gasteiger partial charge in [0, 0.05) is 0 Å². The molecule has 0 unspecified atom stereocenters. The minimum Gasteiger partial charge on any atom is -0.293 e. The van der Waals surface area contributed by atoms with Crippen LogP contribution in [0.15, 0.2) is 18.2 Å². The number of anilines is 1. The summed E-state index contributed by atoms with van der Waals surface area (Å²) in [6, 6.07) is 0.229. The second kappa shape index (κ2) is 6.47. The average Bonchev–Trinajstić information content (AvgIpc) is 2.40. The first-order valence-corrected chi connectivity index (χ1v) is 7.77. The molecule has 6 nitrogen and oxygen atoms in total. The highest BCUT2D eigenvalue weighted by atomic mass is 32.2. The highest BCUT2D eigenvalue weighted by Crippen LogP contribution is 2.38. The fourth-order valence-corrected chi connectivity index (χ4v) is 2.50. The number of alkyl halides is 6. The van der Waals surface area contributed by atoms with E-state index >= 15 is 0 Å². The highest BCUT2D eigenvalue weighted by Gasteiger charge is 2.38. The summed E-state index contributed by atoms with van der Waals surface area (Å²) in [6.07, 6.45) is -9.80. The maximum atomic E-state index is 12.8. The molecule has 0 aliphatic carbocycles. The van der Waals surface area contributed by atoms with E-state index in [1.807, 2.05) is 0 Å². The molecular formula is C11H11F6N3O3S. The molecule has 0 fully saturated rings. The van der Waals surface area contributed by atoms with E-state index < -0.39 is 51.6 Å². The van der Waals surface area contributed by atoms with Crippen LogP contribution in [-0.4, -0.2) is 27.1 Å². The van der Waals surface area contributed by atoms with E-state index in [0.29, 0.717) is 6.26 Å². The van der Waals surface area contributed by atoms with Gasteiger partial charge in [0.1, 0.15) is 6.54 Å². The summed E-state index contributed by atoms with van der Waals surface area (Å²) >= 11 is 0. The third-order valence-electron chi connectivity index (χ3n) is 2.71. The summed E-state index contributed by atoms with van der Waals surface area (Å²) < 4.78 is 100. The standard InChI is InChI=1S/C11H11F6N3O3S/c1-24(22,23)20(5-9(21)19-18)8-3-6(10(12,13)14)2-7(4-8)11(15,16)17/h2-4H,5,18H2,1H3,(H,19,21). The number of nitrogens with two attached hydrogens (primary N) is 1. The van der Waals surface area contributed by atoms with Gasteiger partial charge in [-0.2, -0.15) is 26.3 Å². The van der Waals surface area contributed by atoms with Crippen LogP contribution in [0, 0.1) is 0 Å². The topological polar surface area (TPSA) is 92.5 Å². The number of hydrogen-bond donors (Lipinski definition) is 2. The zero-order valence-corrected chi connectivity index (χ0v) is 12.7. The molecule has 0 saturated carbocycles. The van der Waals surface area contributed by atoms with Gasteiger partial charge in [0.05, 0.1) is 23.1 Å². The highest BCUT2D eigenvalue weighted by molar-refractivity contribution is 7.92. The maximum absolute atomic E-state index is 12.8. The predicted molar refractivity (Wildman–Crippen MR) is 71.0 cm³/mol. The Bertz CT molecular complexity index is 697. The predicted octanol–water partition coefficient (Wildman–Crippen LogP) is 1.48. The first-order chi connectivity index (χ1) is 10.7. The van der Waals surface area contributed by atoms with E-state index in [0.717, 1.165) is 0 Å². The molecule has 0 radical (unpaired) electrons. The Morgan fingerprint density at radius 3 is 1.79 bits per heavy atom. The monoisotopic (exact) mass is 379 g/mol. The molecule has 0 aliphatic rings. The Hall–Kier alpha value is -2.02. The number of carbonyl (C=O) groups excluding carboxylic acids is 1. The molecule has 1 amide bonds. The van der Waals surface area contributed by atoms with Crippen LogP contribution in [0.25, 0.3) is 0 Å². The minimum atomic E-state index is -5.16.